The predicted molar refractivity (Wildman–Crippen MR) is 63.6 cm³/mol. The zero-order valence-corrected chi connectivity index (χ0v) is 9.86. The summed E-state index contributed by atoms with van der Waals surface area (Å²) in [6.45, 7) is 3.32. The second-order valence-electron chi connectivity index (χ2n) is 4.04. The first-order valence-corrected chi connectivity index (χ1v) is 5.85. The molecular formula is C12H16ClNO2. The molecule has 1 aliphatic rings. The molecule has 0 radical (unpaired) electrons. The highest BCUT2D eigenvalue weighted by Crippen LogP contribution is 2.14. The van der Waals surface area contributed by atoms with Gasteiger partial charge in [-0.3, -0.25) is 4.90 Å². The number of morpholine rings is 1. The molecule has 0 aromatic heterocycles. The molecule has 4 heteroatoms. The van der Waals surface area contributed by atoms with Crippen molar-refractivity contribution in [2.45, 2.75) is 12.6 Å². The topological polar surface area (TPSA) is 32.7 Å². The number of aliphatic hydroxyl groups excluding tert-OH is 1. The third-order valence-electron chi connectivity index (χ3n) is 2.72. The second kappa shape index (κ2) is 5.64. The van der Waals surface area contributed by atoms with Crippen LogP contribution in [0.1, 0.15) is 5.56 Å². The Kier molecular flexibility index (Phi) is 4.18. The number of aliphatic hydroxyl groups is 1. The first-order chi connectivity index (χ1) is 7.78. The quantitative estimate of drug-likeness (QED) is 0.871. The smallest absolute Gasteiger partial charge is 0.0933 e. The van der Waals surface area contributed by atoms with Gasteiger partial charge in [-0.2, -0.15) is 0 Å². The van der Waals surface area contributed by atoms with Crippen molar-refractivity contribution < 1.29 is 9.84 Å². The first-order valence-electron chi connectivity index (χ1n) is 5.47. The fourth-order valence-electron chi connectivity index (χ4n) is 1.93. The minimum absolute atomic E-state index is 0.0482. The van der Waals surface area contributed by atoms with Gasteiger partial charge in [-0.1, -0.05) is 23.7 Å². The normalized spacial score (nSPS) is 22.2. The van der Waals surface area contributed by atoms with Gasteiger partial charge in [-0.15, -0.1) is 0 Å². The molecule has 1 aliphatic heterocycles. The van der Waals surface area contributed by atoms with Gasteiger partial charge in [0, 0.05) is 24.7 Å². The summed E-state index contributed by atoms with van der Waals surface area (Å²) in [6, 6.07) is 7.88. The van der Waals surface area contributed by atoms with E-state index < -0.39 is 0 Å². The Hall–Kier alpha value is -0.610. The number of benzene rings is 1. The Bertz CT molecular complexity index is 346. The minimum atomic E-state index is -0.0482. The Morgan fingerprint density at radius 2 is 2.38 bits per heavy atom. The van der Waals surface area contributed by atoms with Crippen LogP contribution in [0.2, 0.25) is 5.02 Å². The first kappa shape index (κ1) is 11.9. The van der Waals surface area contributed by atoms with E-state index in [1.165, 1.54) is 5.56 Å². The van der Waals surface area contributed by atoms with Gasteiger partial charge in [-0.25, -0.2) is 0 Å². The number of nitrogens with zero attached hydrogens (tertiary/aromatic N) is 1. The zero-order chi connectivity index (χ0) is 11.4. The fourth-order valence-corrected chi connectivity index (χ4v) is 2.14. The van der Waals surface area contributed by atoms with Crippen molar-refractivity contribution in [2.75, 3.05) is 26.3 Å². The van der Waals surface area contributed by atoms with Crippen molar-refractivity contribution in [3.05, 3.63) is 34.9 Å². The molecule has 88 valence electrons. The standard InChI is InChI=1S/C12H16ClNO2/c13-11-3-1-2-10(6-11)7-14-4-5-16-12(8-14)9-15/h1-3,6,12,15H,4-5,7-9H2. The van der Waals surface area contributed by atoms with E-state index in [2.05, 4.69) is 11.0 Å². The van der Waals surface area contributed by atoms with Crippen molar-refractivity contribution in [3.8, 4) is 0 Å². The van der Waals surface area contributed by atoms with E-state index >= 15 is 0 Å². The molecule has 1 fully saturated rings. The van der Waals surface area contributed by atoms with E-state index in [4.69, 9.17) is 21.4 Å². The highest BCUT2D eigenvalue weighted by atomic mass is 35.5. The molecule has 1 atom stereocenters. The van der Waals surface area contributed by atoms with E-state index in [0.29, 0.717) is 6.61 Å². The minimum Gasteiger partial charge on any atom is -0.394 e. The van der Waals surface area contributed by atoms with Crippen LogP contribution in [0.4, 0.5) is 0 Å². The molecule has 0 saturated carbocycles. The van der Waals surface area contributed by atoms with Crippen LogP contribution >= 0.6 is 11.6 Å². The molecular weight excluding hydrogens is 226 g/mol. The van der Waals surface area contributed by atoms with Gasteiger partial charge >= 0.3 is 0 Å². The van der Waals surface area contributed by atoms with Gasteiger partial charge in [0.2, 0.25) is 0 Å². The third-order valence-corrected chi connectivity index (χ3v) is 2.96. The molecule has 1 heterocycles. The molecule has 1 N–H and O–H groups in total. The summed E-state index contributed by atoms with van der Waals surface area (Å²) >= 11 is 5.94. The lowest BCUT2D eigenvalue weighted by atomic mass is 10.2. The molecule has 1 saturated heterocycles. The zero-order valence-electron chi connectivity index (χ0n) is 9.10. The van der Waals surface area contributed by atoms with Crippen LogP contribution in [0.3, 0.4) is 0 Å². The molecule has 1 unspecified atom stereocenters. The number of hydrogen-bond donors (Lipinski definition) is 1. The van der Waals surface area contributed by atoms with Gasteiger partial charge in [-0.05, 0) is 17.7 Å². The van der Waals surface area contributed by atoms with E-state index in [9.17, 15) is 0 Å². The van der Waals surface area contributed by atoms with Crippen LogP contribution in [0.25, 0.3) is 0 Å². The van der Waals surface area contributed by atoms with Crippen LogP contribution in [0.15, 0.2) is 24.3 Å². The maximum absolute atomic E-state index is 9.05. The lowest BCUT2D eigenvalue weighted by Gasteiger charge is -2.31. The maximum atomic E-state index is 9.05. The lowest BCUT2D eigenvalue weighted by Crippen LogP contribution is -2.43. The third kappa shape index (κ3) is 3.19. The lowest BCUT2D eigenvalue weighted by molar-refractivity contribution is -0.0551. The molecule has 16 heavy (non-hydrogen) atoms. The highest BCUT2D eigenvalue weighted by molar-refractivity contribution is 6.30. The second-order valence-corrected chi connectivity index (χ2v) is 4.48. The van der Waals surface area contributed by atoms with E-state index in [-0.39, 0.29) is 12.7 Å². The summed E-state index contributed by atoms with van der Waals surface area (Å²) in [4.78, 5) is 2.27. The summed E-state index contributed by atoms with van der Waals surface area (Å²) in [5.41, 5.74) is 1.20. The summed E-state index contributed by atoms with van der Waals surface area (Å²) in [6.07, 6.45) is -0.0482. The van der Waals surface area contributed by atoms with Crippen LogP contribution in [-0.2, 0) is 11.3 Å². The van der Waals surface area contributed by atoms with Crippen molar-refractivity contribution in [1.29, 1.82) is 0 Å². The number of ether oxygens (including phenoxy) is 1. The summed E-state index contributed by atoms with van der Waals surface area (Å²) in [5, 5.41) is 9.81. The number of rotatable bonds is 3. The Morgan fingerprint density at radius 3 is 3.12 bits per heavy atom. The van der Waals surface area contributed by atoms with Crippen molar-refractivity contribution in [1.82, 2.24) is 4.90 Å². The van der Waals surface area contributed by atoms with Gasteiger partial charge in [0.1, 0.15) is 0 Å². The molecule has 3 nitrogen and oxygen atoms in total. The van der Waals surface area contributed by atoms with E-state index in [0.717, 1.165) is 24.7 Å². The SMILES string of the molecule is OCC1CN(Cc2cccc(Cl)c2)CCO1. The maximum Gasteiger partial charge on any atom is 0.0933 e. The monoisotopic (exact) mass is 241 g/mol. The van der Waals surface area contributed by atoms with Gasteiger partial charge in [0.05, 0.1) is 19.3 Å². The predicted octanol–water partition coefficient (Wildman–Crippen LogP) is 1.53. The van der Waals surface area contributed by atoms with Crippen molar-refractivity contribution in [2.24, 2.45) is 0 Å². The largest absolute Gasteiger partial charge is 0.394 e. The molecule has 0 bridgehead atoms. The van der Waals surface area contributed by atoms with Crippen molar-refractivity contribution >= 4 is 11.6 Å². The van der Waals surface area contributed by atoms with Crippen LogP contribution in [0, 0.1) is 0 Å². The molecule has 1 aromatic carbocycles. The number of halogens is 1. The van der Waals surface area contributed by atoms with Crippen LogP contribution in [-0.4, -0.2) is 42.4 Å². The van der Waals surface area contributed by atoms with Crippen LogP contribution in [0.5, 0.6) is 0 Å². The van der Waals surface area contributed by atoms with E-state index in [1.807, 2.05) is 18.2 Å². The highest BCUT2D eigenvalue weighted by Gasteiger charge is 2.19. The average molecular weight is 242 g/mol. The molecule has 0 amide bonds. The molecule has 0 spiro atoms. The van der Waals surface area contributed by atoms with Crippen LogP contribution < -0.4 is 0 Å². The van der Waals surface area contributed by atoms with Gasteiger partial charge in [0.25, 0.3) is 0 Å². The van der Waals surface area contributed by atoms with Gasteiger partial charge < -0.3 is 9.84 Å². The Morgan fingerprint density at radius 1 is 1.50 bits per heavy atom. The summed E-state index contributed by atoms with van der Waals surface area (Å²) in [7, 11) is 0. The Balaban J connectivity index is 1.94. The van der Waals surface area contributed by atoms with Crippen molar-refractivity contribution in [3.63, 3.8) is 0 Å². The van der Waals surface area contributed by atoms with Gasteiger partial charge in [0.15, 0.2) is 0 Å². The number of hydrogen-bond acceptors (Lipinski definition) is 3. The average Bonchev–Trinajstić information content (AvgIpc) is 2.29. The fraction of sp³-hybridized carbons (Fsp3) is 0.500. The van der Waals surface area contributed by atoms with E-state index in [1.54, 1.807) is 0 Å². The molecule has 1 aromatic rings. The summed E-state index contributed by atoms with van der Waals surface area (Å²) in [5.74, 6) is 0. The Labute approximate surface area is 101 Å². The molecule has 2 rings (SSSR count). The molecule has 0 aliphatic carbocycles. The summed E-state index contributed by atoms with van der Waals surface area (Å²) < 4.78 is 5.40.